The zero-order valence-electron chi connectivity index (χ0n) is 11.9. The van der Waals surface area contributed by atoms with Crippen LogP contribution in [-0.2, 0) is 9.53 Å². The number of carbonyl (C=O) groups excluding carboxylic acids is 1. The summed E-state index contributed by atoms with van der Waals surface area (Å²) in [6, 6.07) is 3.99. The van der Waals surface area contributed by atoms with E-state index in [1.807, 2.05) is 0 Å². The third kappa shape index (κ3) is 3.04. The first-order chi connectivity index (χ1) is 11.1. The van der Waals surface area contributed by atoms with Crippen molar-refractivity contribution in [1.82, 2.24) is 19.7 Å². The lowest BCUT2D eigenvalue weighted by Gasteiger charge is -2.31. The van der Waals surface area contributed by atoms with Gasteiger partial charge in [0.05, 0.1) is 13.2 Å². The molecule has 0 unspecified atom stereocenters. The van der Waals surface area contributed by atoms with E-state index >= 15 is 0 Å². The molecule has 1 amide bonds. The minimum absolute atomic E-state index is 0.0688. The van der Waals surface area contributed by atoms with Crippen molar-refractivity contribution in [2.45, 2.75) is 6.10 Å². The molecule has 0 bridgehead atoms. The lowest BCUT2D eigenvalue weighted by atomic mass is 10.1. The summed E-state index contributed by atoms with van der Waals surface area (Å²) in [7, 11) is 0. The fourth-order valence-electron chi connectivity index (χ4n) is 2.32. The van der Waals surface area contributed by atoms with Gasteiger partial charge in [0.15, 0.2) is 6.10 Å². The number of benzene rings is 1. The standard InChI is InChI=1S/C14H13FN4O4/c15-10-5-9(1-2-11(10)19-8-16-7-17-19)13(20)18-3-4-23-12(6-18)14(21)22/h1-2,5,7-8,12H,3-4,6H2,(H,21,22)/t12-/m1/s1. The molecule has 1 saturated heterocycles. The van der Waals surface area contributed by atoms with Crippen LogP contribution in [0, 0.1) is 5.82 Å². The van der Waals surface area contributed by atoms with Crippen molar-refractivity contribution in [3.05, 3.63) is 42.2 Å². The Hall–Kier alpha value is -2.81. The van der Waals surface area contributed by atoms with Crippen molar-refractivity contribution in [3.63, 3.8) is 0 Å². The summed E-state index contributed by atoms with van der Waals surface area (Å²) in [5.41, 5.74) is 0.307. The molecule has 1 aliphatic heterocycles. The number of amides is 1. The molecule has 1 aromatic carbocycles. The zero-order chi connectivity index (χ0) is 16.4. The maximum Gasteiger partial charge on any atom is 0.334 e. The smallest absolute Gasteiger partial charge is 0.334 e. The molecule has 1 atom stereocenters. The molecule has 1 N–H and O–H groups in total. The number of morpholine rings is 1. The lowest BCUT2D eigenvalue weighted by Crippen LogP contribution is -2.48. The maximum absolute atomic E-state index is 14.2. The normalized spacial score (nSPS) is 18.0. The minimum Gasteiger partial charge on any atom is -0.479 e. The number of carboxylic acid groups (broad SMARTS) is 1. The van der Waals surface area contributed by atoms with E-state index in [2.05, 4.69) is 10.1 Å². The molecular weight excluding hydrogens is 307 g/mol. The number of carboxylic acids is 1. The van der Waals surface area contributed by atoms with Gasteiger partial charge in [-0.25, -0.2) is 18.9 Å². The third-order valence-electron chi connectivity index (χ3n) is 3.49. The molecule has 3 rings (SSSR count). The van der Waals surface area contributed by atoms with Crippen LogP contribution in [0.3, 0.4) is 0 Å². The first-order valence-corrected chi connectivity index (χ1v) is 6.84. The highest BCUT2D eigenvalue weighted by Gasteiger charge is 2.29. The highest BCUT2D eigenvalue weighted by molar-refractivity contribution is 5.95. The monoisotopic (exact) mass is 320 g/mol. The number of ether oxygens (including phenoxy) is 1. The van der Waals surface area contributed by atoms with E-state index in [0.29, 0.717) is 0 Å². The number of hydrogen-bond acceptors (Lipinski definition) is 5. The van der Waals surface area contributed by atoms with E-state index in [1.54, 1.807) is 0 Å². The molecule has 2 aromatic rings. The number of aliphatic carboxylic acids is 1. The molecule has 1 aromatic heterocycles. The number of rotatable bonds is 3. The van der Waals surface area contributed by atoms with E-state index in [4.69, 9.17) is 9.84 Å². The van der Waals surface area contributed by atoms with Gasteiger partial charge in [0.25, 0.3) is 5.91 Å². The largest absolute Gasteiger partial charge is 0.479 e. The predicted octanol–water partition coefficient (Wildman–Crippen LogP) is 0.332. The van der Waals surface area contributed by atoms with Gasteiger partial charge in [-0.1, -0.05) is 0 Å². The number of halogens is 1. The summed E-state index contributed by atoms with van der Waals surface area (Å²) in [5.74, 6) is -2.19. The van der Waals surface area contributed by atoms with Gasteiger partial charge < -0.3 is 14.7 Å². The van der Waals surface area contributed by atoms with E-state index in [1.165, 1.54) is 34.4 Å². The van der Waals surface area contributed by atoms with Crippen molar-refractivity contribution in [2.24, 2.45) is 0 Å². The van der Waals surface area contributed by atoms with Crippen LogP contribution in [-0.4, -0.2) is 62.4 Å². The Morgan fingerprint density at radius 2 is 2.22 bits per heavy atom. The highest BCUT2D eigenvalue weighted by atomic mass is 19.1. The van der Waals surface area contributed by atoms with Crippen molar-refractivity contribution in [2.75, 3.05) is 19.7 Å². The van der Waals surface area contributed by atoms with Crippen LogP contribution >= 0.6 is 0 Å². The molecule has 0 aliphatic carbocycles. The first-order valence-electron chi connectivity index (χ1n) is 6.84. The SMILES string of the molecule is O=C(O)[C@H]1CN(C(=O)c2ccc(-n3cncn3)c(F)c2)CCO1. The molecule has 9 heteroatoms. The molecule has 2 heterocycles. The lowest BCUT2D eigenvalue weighted by molar-refractivity contribution is -0.154. The summed E-state index contributed by atoms with van der Waals surface area (Å²) < 4.78 is 20.5. The van der Waals surface area contributed by atoms with Gasteiger partial charge in [0.2, 0.25) is 0 Å². The summed E-state index contributed by atoms with van der Waals surface area (Å²) in [6.07, 6.45) is 1.56. The summed E-state index contributed by atoms with van der Waals surface area (Å²) in [5, 5.41) is 12.8. The van der Waals surface area contributed by atoms with Gasteiger partial charge in [-0.2, -0.15) is 5.10 Å². The van der Waals surface area contributed by atoms with E-state index in [9.17, 15) is 14.0 Å². The van der Waals surface area contributed by atoms with Gasteiger partial charge in [-0.05, 0) is 18.2 Å². The number of nitrogens with zero attached hydrogens (tertiary/aromatic N) is 4. The van der Waals surface area contributed by atoms with Crippen molar-refractivity contribution < 1.29 is 23.8 Å². The summed E-state index contributed by atoms with van der Waals surface area (Å²) >= 11 is 0. The topological polar surface area (TPSA) is 97.6 Å². The van der Waals surface area contributed by atoms with Crippen LogP contribution in [0.5, 0.6) is 0 Å². The Labute approximate surface area is 130 Å². The predicted molar refractivity (Wildman–Crippen MR) is 74.6 cm³/mol. The van der Waals surface area contributed by atoms with Crippen molar-refractivity contribution in [3.8, 4) is 5.69 Å². The van der Waals surface area contributed by atoms with E-state index in [0.717, 1.165) is 6.07 Å². The molecule has 8 nitrogen and oxygen atoms in total. The van der Waals surface area contributed by atoms with Crippen molar-refractivity contribution in [1.29, 1.82) is 0 Å². The molecule has 0 radical (unpaired) electrons. The molecule has 1 fully saturated rings. The Bertz CT molecular complexity index is 734. The molecular formula is C14H13FN4O4. The number of hydrogen-bond donors (Lipinski definition) is 1. The highest BCUT2D eigenvalue weighted by Crippen LogP contribution is 2.17. The molecule has 1 aliphatic rings. The molecule has 120 valence electrons. The maximum atomic E-state index is 14.2. The van der Waals surface area contributed by atoms with Crippen LogP contribution in [0.15, 0.2) is 30.9 Å². The van der Waals surface area contributed by atoms with Crippen molar-refractivity contribution >= 4 is 11.9 Å². The van der Waals surface area contributed by atoms with Gasteiger partial charge in [-0.3, -0.25) is 4.79 Å². The number of aromatic nitrogens is 3. The zero-order valence-corrected chi connectivity index (χ0v) is 11.9. The van der Waals surface area contributed by atoms with Crippen LogP contribution in [0.2, 0.25) is 0 Å². The molecule has 0 spiro atoms. The Balaban J connectivity index is 1.80. The minimum atomic E-state index is -1.13. The first kappa shape index (κ1) is 15.1. The van der Waals surface area contributed by atoms with Crippen LogP contribution in [0.1, 0.15) is 10.4 Å². The Morgan fingerprint density at radius 3 is 2.87 bits per heavy atom. The summed E-state index contributed by atoms with van der Waals surface area (Å²) in [6.45, 7) is 0.317. The Morgan fingerprint density at radius 1 is 1.39 bits per heavy atom. The van der Waals surface area contributed by atoms with E-state index in [-0.39, 0.29) is 30.9 Å². The van der Waals surface area contributed by atoms with Gasteiger partial charge in [-0.15, -0.1) is 0 Å². The van der Waals surface area contributed by atoms with Crippen LogP contribution in [0.25, 0.3) is 5.69 Å². The average Bonchev–Trinajstić information content (AvgIpc) is 3.08. The van der Waals surface area contributed by atoms with Gasteiger partial charge >= 0.3 is 5.97 Å². The second kappa shape index (κ2) is 6.13. The van der Waals surface area contributed by atoms with Gasteiger partial charge in [0.1, 0.15) is 24.2 Å². The van der Waals surface area contributed by atoms with Crippen LogP contribution < -0.4 is 0 Å². The third-order valence-corrected chi connectivity index (χ3v) is 3.49. The van der Waals surface area contributed by atoms with Gasteiger partial charge in [0, 0.05) is 12.1 Å². The second-order valence-corrected chi connectivity index (χ2v) is 4.96. The fourth-order valence-corrected chi connectivity index (χ4v) is 2.32. The fraction of sp³-hybridized carbons (Fsp3) is 0.286. The second-order valence-electron chi connectivity index (χ2n) is 4.96. The number of carbonyl (C=O) groups is 2. The average molecular weight is 320 g/mol. The summed E-state index contributed by atoms with van der Waals surface area (Å²) in [4.78, 5) is 28.4. The van der Waals surface area contributed by atoms with Crippen LogP contribution in [0.4, 0.5) is 4.39 Å². The molecule has 23 heavy (non-hydrogen) atoms. The Kier molecular flexibility index (Phi) is 4.02. The quantitative estimate of drug-likeness (QED) is 0.875. The van der Waals surface area contributed by atoms with E-state index < -0.39 is 23.8 Å². The molecule has 0 saturated carbocycles.